The lowest BCUT2D eigenvalue weighted by Gasteiger charge is -2.23. The van der Waals surface area contributed by atoms with Gasteiger partial charge in [0.2, 0.25) is 10.0 Å². The van der Waals surface area contributed by atoms with Crippen molar-refractivity contribution in [2.45, 2.75) is 31.7 Å². The van der Waals surface area contributed by atoms with Gasteiger partial charge in [-0.05, 0) is 43.5 Å². The number of hydrogen-bond acceptors (Lipinski definition) is 3. The highest BCUT2D eigenvalue weighted by molar-refractivity contribution is 7.89. The highest BCUT2D eigenvalue weighted by Crippen LogP contribution is 2.10. The first-order chi connectivity index (χ1) is 9.55. The summed E-state index contributed by atoms with van der Waals surface area (Å²) in [6.07, 6.45) is 3.87. The monoisotopic (exact) mass is 316 g/mol. The minimum absolute atomic E-state index is 0.0942. The molecule has 4 nitrogen and oxygen atoms in total. The molecular formula is C14H21ClN2O2S. The van der Waals surface area contributed by atoms with Gasteiger partial charge in [-0.1, -0.05) is 30.2 Å². The first kappa shape index (κ1) is 15.8. The van der Waals surface area contributed by atoms with E-state index in [0.29, 0.717) is 18.0 Å². The summed E-state index contributed by atoms with van der Waals surface area (Å²) in [5, 5.41) is 3.95. The Morgan fingerprint density at radius 1 is 1.25 bits per heavy atom. The summed E-state index contributed by atoms with van der Waals surface area (Å²) >= 11 is 5.81. The summed E-state index contributed by atoms with van der Waals surface area (Å²) in [5.41, 5.74) is 1.08. The largest absolute Gasteiger partial charge is 0.313 e. The average molecular weight is 317 g/mol. The zero-order valence-electron chi connectivity index (χ0n) is 11.4. The lowest BCUT2D eigenvalue weighted by Crippen LogP contribution is -2.42. The molecule has 112 valence electrons. The molecular weight excluding hydrogens is 296 g/mol. The van der Waals surface area contributed by atoms with E-state index in [2.05, 4.69) is 10.0 Å². The summed E-state index contributed by atoms with van der Waals surface area (Å²) in [6, 6.07) is 7.56. The molecule has 2 N–H and O–H groups in total. The van der Waals surface area contributed by atoms with Crippen molar-refractivity contribution in [1.29, 1.82) is 0 Å². The van der Waals surface area contributed by atoms with E-state index in [1.54, 1.807) is 0 Å². The van der Waals surface area contributed by atoms with Crippen LogP contribution in [0.1, 0.15) is 24.8 Å². The van der Waals surface area contributed by atoms with Crippen molar-refractivity contribution >= 4 is 21.6 Å². The fraction of sp³-hybridized carbons (Fsp3) is 0.571. The van der Waals surface area contributed by atoms with Crippen LogP contribution in [0, 0.1) is 0 Å². The minimum Gasteiger partial charge on any atom is -0.313 e. The smallest absolute Gasteiger partial charge is 0.213 e. The van der Waals surface area contributed by atoms with Crippen LogP contribution in [0.15, 0.2) is 24.3 Å². The van der Waals surface area contributed by atoms with Gasteiger partial charge in [-0.2, -0.15) is 0 Å². The van der Waals surface area contributed by atoms with Crippen molar-refractivity contribution in [2.75, 3.05) is 18.8 Å². The van der Waals surface area contributed by atoms with Gasteiger partial charge in [-0.3, -0.25) is 0 Å². The van der Waals surface area contributed by atoms with Gasteiger partial charge >= 0.3 is 0 Å². The standard InChI is InChI=1S/C14H21ClN2O2S/c15-13-6-4-12(5-7-13)8-10-17-20(18,19)11-14-3-1-2-9-16-14/h4-7,14,16-17H,1-3,8-11H2. The third kappa shape index (κ3) is 5.40. The molecule has 1 aromatic rings. The Morgan fingerprint density at radius 2 is 2.00 bits per heavy atom. The van der Waals surface area contributed by atoms with E-state index in [0.717, 1.165) is 31.4 Å². The van der Waals surface area contributed by atoms with Crippen molar-refractivity contribution in [3.63, 3.8) is 0 Å². The van der Waals surface area contributed by atoms with E-state index in [4.69, 9.17) is 11.6 Å². The minimum atomic E-state index is -3.20. The second-order valence-corrected chi connectivity index (χ2v) is 7.49. The van der Waals surface area contributed by atoms with Crippen LogP contribution in [0.5, 0.6) is 0 Å². The molecule has 1 heterocycles. The van der Waals surface area contributed by atoms with Crippen molar-refractivity contribution < 1.29 is 8.42 Å². The van der Waals surface area contributed by atoms with Gasteiger partial charge in [-0.15, -0.1) is 0 Å². The highest BCUT2D eigenvalue weighted by atomic mass is 35.5. The Morgan fingerprint density at radius 3 is 2.65 bits per heavy atom. The molecule has 1 aromatic carbocycles. The lowest BCUT2D eigenvalue weighted by molar-refractivity contribution is 0.422. The molecule has 1 aliphatic heterocycles. The predicted octanol–water partition coefficient (Wildman–Crippen LogP) is 1.94. The summed E-state index contributed by atoms with van der Waals surface area (Å²) in [5.74, 6) is 0.174. The van der Waals surface area contributed by atoms with Crippen molar-refractivity contribution in [3.05, 3.63) is 34.9 Å². The molecule has 1 fully saturated rings. The number of nitrogens with one attached hydrogen (secondary N) is 2. The van der Waals surface area contributed by atoms with Crippen molar-refractivity contribution in [2.24, 2.45) is 0 Å². The maximum Gasteiger partial charge on any atom is 0.213 e. The van der Waals surface area contributed by atoms with E-state index in [9.17, 15) is 8.42 Å². The second-order valence-electron chi connectivity index (χ2n) is 5.20. The fourth-order valence-corrected chi connectivity index (χ4v) is 3.86. The fourth-order valence-electron chi connectivity index (χ4n) is 2.39. The summed E-state index contributed by atoms with van der Waals surface area (Å²) < 4.78 is 26.6. The van der Waals surface area contributed by atoms with E-state index in [1.165, 1.54) is 0 Å². The van der Waals surface area contributed by atoms with Gasteiger partial charge in [0.15, 0.2) is 0 Å². The number of benzene rings is 1. The summed E-state index contributed by atoms with van der Waals surface area (Å²) in [4.78, 5) is 0. The molecule has 1 aliphatic rings. The van der Waals surface area contributed by atoms with Crippen molar-refractivity contribution in [3.8, 4) is 0 Å². The number of halogens is 1. The SMILES string of the molecule is O=S(=O)(CC1CCCCN1)NCCc1ccc(Cl)cc1. The number of sulfonamides is 1. The van der Waals surface area contributed by atoms with Crippen molar-refractivity contribution in [1.82, 2.24) is 10.0 Å². The maximum absolute atomic E-state index is 12.0. The van der Waals surface area contributed by atoms with Crippen LogP contribution in [0.25, 0.3) is 0 Å². The predicted molar refractivity (Wildman–Crippen MR) is 82.6 cm³/mol. The molecule has 20 heavy (non-hydrogen) atoms. The Bertz CT molecular complexity index is 510. The van der Waals surface area contributed by atoms with Gasteiger partial charge < -0.3 is 5.32 Å². The molecule has 0 radical (unpaired) electrons. The third-order valence-electron chi connectivity index (χ3n) is 3.48. The zero-order valence-corrected chi connectivity index (χ0v) is 13.0. The van der Waals surface area contributed by atoms with Crippen LogP contribution in [-0.4, -0.2) is 33.3 Å². The quantitative estimate of drug-likeness (QED) is 0.843. The average Bonchev–Trinajstić information content (AvgIpc) is 2.41. The van der Waals surface area contributed by atoms with Gasteiger partial charge in [0, 0.05) is 17.6 Å². The summed E-state index contributed by atoms with van der Waals surface area (Å²) in [6.45, 7) is 1.35. The molecule has 6 heteroatoms. The molecule has 2 rings (SSSR count). The Labute approximate surface area is 126 Å². The molecule has 0 aliphatic carbocycles. The number of rotatable bonds is 6. The van der Waals surface area contributed by atoms with E-state index in [-0.39, 0.29) is 11.8 Å². The van der Waals surface area contributed by atoms with Crippen LogP contribution in [0.4, 0.5) is 0 Å². The topological polar surface area (TPSA) is 58.2 Å². The molecule has 0 spiro atoms. The van der Waals surface area contributed by atoms with E-state index < -0.39 is 10.0 Å². The first-order valence-electron chi connectivity index (χ1n) is 7.00. The second kappa shape index (κ2) is 7.41. The molecule has 0 saturated carbocycles. The molecule has 0 bridgehead atoms. The van der Waals surface area contributed by atoms with Gasteiger partial charge in [0.05, 0.1) is 5.75 Å². The van der Waals surface area contributed by atoms with E-state index >= 15 is 0 Å². The van der Waals surface area contributed by atoms with Crippen LogP contribution in [0.2, 0.25) is 5.02 Å². The van der Waals surface area contributed by atoms with Gasteiger partial charge in [0.1, 0.15) is 0 Å². The van der Waals surface area contributed by atoms with Gasteiger partial charge in [-0.25, -0.2) is 13.1 Å². The Kier molecular flexibility index (Phi) is 5.84. The van der Waals surface area contributed by atoms with Crippen LogP contribution < -0.4 is 10.0 Å². The van der Waals surface area contributed by atoms with Gasteiger partial charge in [0.25, 0.3) is 0 Å². The lowest BCUT2D eigenvalue weighted by atomic mass is 10.1. The van der Waals surface area contributed by atoms with E-state index in [1.807, 2.05) is 24.3 Å². The van der Waals surface area contributed by atoms with Crippen LogP contribution >= 0.6 is 11.6 Å². The number of piperidine rings is 1. The number of hydrogen-bond donors (Lipinski definition) is 2. The van der Waals surface area contributed by atoms with Crippen LogP contribution in [-0.2, 0) is 16.4 Å². The molecule has 1 atom stereocenters. The molecule has 1 saturated heterocycles. The van der Waals surface area contributed by atoms with Crippen LogP contribution in [0.3, 0.4) is 0 Å². The Hall–Kier alpha value is -0.620. The maximum atomic E-state index is 12.0. The normalized spacial score (nSPS) is 19.9. The first-order valence-corrected chi connectivity index (χ1v) is 9.03. The molecule has 0 amide bonds. The Balaban J connectivity index is 1.75. The molecule has 0 aromatic heterocycles. The molecule has 1 unspecified atom stereocenters. The highest BCUT2D eigenvalue weighted by Gasteiger charge is 2.20. The third-order valence-corrected chi connectivity index (χ3v) is 5.22. The zero-order chi connectivity index (χ0) is 14.4. The summed E-state index contributed by atoms with van der Waals surface area (Å²) in [7, 11) is -3.20.